The minimum atomic E-state index is 0.0953. The number of hydrogen-bond acceptors (Lipinski definition) is 4. The number of nitrogens with zero attached hydrogens (tertiary/aromatic N) is 3. The third-order valence-electron chi connectivity index (χ3n) is 5.02. The zero-order chi connectivity index (χ0) is 15.4. The first-order valence-corrected chi connectivity index (χ1v) is 8.21. The average molecular weight is 300 g/mol. The summed E-state index contributed by atoms with van der Waals surface area (Å²) >= 11 is 0. The molecule has 1 saturated carbocycles. The van der Waals surface area contributed by atoms with E-state index in [1.807, 2.05) is 4.90 Å². The molecule has 5 nitrogen and oxygen atoms in total. The van der Waals surface area contributed by atoms with Crippen LogP contribution < -0.4 is 5.73 Å². The maximum atomic E-state index is 12.4. The first kappa shape index (κ1) is 15.0. The molecular formula is C17H24N4O. The molecule has 1 aromatic rings. The Morgan fingerprint density at radius 1 is 1.14 bits per heavy atom. The van der Waals surface area contributed by atoms with Gasteiger partial charge in [-0.15, -0.1) is 0 Å². The molecule has 1 aliphatic heterocycles. The van der Waals surface area contributed by atoms with E-state index < -0.39 is 0 Å². The molecule has 0 unspecified atom stereocenters. The van der Waals surface area contributed by atoms with Gasteiger partial charge >= 0.3 is 0 Å². The van der Waals surface area contributed by atoms with Crippen molar-refractivity contribution in [1.82, 2.24) is 14.9 Å². The van der Waals surface area contributed by atoms with Crippen LogP contribution in [0.3, 0.4) is 0 Å². The molecule has 1 saturated heterocycles. The fourth-order valence-electron chi connectivity index (χ4n) is 3.72. The normalized spacial score (nSPS) is 21.4. The van der Waals surface area contributed by atoms with E-state index >= 15 is 0 Å². The Labute approximate surface area is 131 Å². The average Bonchev–Trinajstić information content (AvgIpc) is 2.80. The number of aromatic nitrogens is 2. The largest absolute Gasteiger partial charge is 0.368 e. The third kappa shape index (κ3) is 3.46. The Hall–Kier alpha value is -1.91. The molecule has 2 fully saturated rings. The van der Waals surface area contributed by atoms with Crippen LogP contribution in [-0.2, 0) is 4.79 Å². The van der Waals surface area contributed by atoms with Gasteiger partial charge in [0.2, 0.25) is 11.9 Å². The molecular weight excluding hydrogens is 276 g/mol. The van der Waals surface area contributed by atoms with Crippen LogP contribution in [0, 0.1) is 5.41 Å². The zero-order valence-corrected chi connectivity index (χ0v) is 13.0. The van der Waals surface area contributed by atoms with Gasteiger partial charge in [0.1, 0.15) is 0 Å². The van der Waals surface area contributed by atoms with E-state index in [1.54, 1.807) is 24.5 Å². The second-order valence-electron chi connectivity index (χ2n) is 6.63. The van der Waals surface area contributed by atoms with Gasteiger partial charge in [-0.05, 0) is 30.8 Å². The van der Waals surface area contributed by atoms with Crippen molar-refractivity contribution in [3.05, 3.63) is 24.0 Å². The van der Waals surface area contributed by atoms with Crippen molar-refractivity contribution in [1.29, 1.82) is 0 Å². The van der Waals surface area contributed by atoms with Crippen LogP contribution in [0.2, 0.25) is 0 Å². The summed E-state index contributed by atoms with van der Waals surface area (Å²) in [6, 6.07) is 0. The maximum Gasteiger partial charge on any atom is 0.246 e. The lowest BCUT2D eigenvalue weighted by Gasteiger charge is -2.27. The highest BCUT2D eigenvalue weighted by molar-refractivity contribution is 5.91. The Morgan fingerprint density at radius 2 is 1.82 bits per heavy atom. The number of amides is 1. The van der Waals surface area contributed by atoms with Gasteiger partial charge in [0.05, 0.1) is 0 Å². The van der Waals surface area contributed by atoms with E-state index in [-0.39, 0.29) is 11.9 Å². The smallest absolute Gasteiger partial charge is 0.246 e. The number of anilines is 1. The van der Waals surface area contributed by atoms with Crippen molar-refractivity contribution in [3.8, 4) is 0 Å². The molecule has 0 aromatic carbocycles. The van der Waals surface area contributed by atoms with Gasteiger partial charge in [-0.3, -0.25) is 4.79 Å². The van der Waals surface area contributed by atoms with Crippen molar-refractivity contribution in [2.45, 2.75) is 44.9 Å². The summed E-state index contributed by atoms with van der Waals surface area (Å²) in [5.74, 6) is 0.344. The summed E-state index contributed by atoms with van der Waals surface area (Å²) in [6.07, 6.45) is 15.7. The van der Waals surface area contributed by atoms with Gasteiger partial charge in [-0.1, -0.05) is 25.7 Å². The zero-order valence-electron chi connectivity index (χ0n) is 13.0. The SMILES string of the molecule is Nc1ncc(/C=C/C(=O)N2CCC3(CCCCCC3)C2)cn1. The highest BCUT2D eigenvalue weighted by atomic mass is 16.2. The van der Waals surface area contributed by atoms with Crippen molar-refractivity contribution in [3.63, 3.8) is 0 Å². The second kappa shape index (κ2) is 6.46. The topological polar surface area (TPSA) is 72.1 Å². The lowest BCUT2D eigenvalue weighted by molar-refractivity contribution is -0.125. The monoisotopic (exact) mass is 300 g/mol. The van der Waals surface area contributed by atoms with Crippen molar-refractivity contribution < 1.29 is 4.79 Å². The number of nitrogen functional groups attached to an aromatic ring is 1. The standard InChI is InChI=1S/C17H24N4O/c18-16-19-11-14(12-20-16)5-6-15(22)21-10-9-17(13-21)7-3-1-2-4-8-17/h5-6,11-12H,1-4,7-10,13H2,(H2,18,19,20)/b6-5+. The van der Waals surface area contributed by atoms with E-state index in [4.69, 9.17) is 5.73 Å². The fraction of sp³-hybridized carbons (Fsp3) is 0.588. The summed E-state index contributed by atoms with van der Waals surface area (Å²) < 4.78 is 0. The minimum absolute atomic E-state index is 0.0953. The molecule has 1 amide bonds. The molecule has 2 N–H and O–H groups in total. The molecule has 3 rings (SSSR count). The van der Waals surface area contributed by atoms with Gasteiger partial charge in [0, 0.05) is 37.1 Å². The Kier molecular flexibility index (Phi) is 4.41. The number of nitrogens with two attached hydrogens (primary N) is 1. The van der Waals surface area contributed by atoms with Crippen molar-refractivity contribution in [2.24, 2.45) is 5.41 Å². The van der Waals surface area contributed by atoms with Crippen LogP contribution in [0.25, 0.3) is 6.08 Å². The van der Waals surface area contributed by atoms with Crippen LogP contribution in [0.4, 0.5) is 5.95 Å². The van der Waals surface area contributed by atoms with E-state index in [2.05, 4.69) is 9.97 Å². The summed E-state index contributed by atoms with van der Waals surface area (Å²) in [4.78, 5) is 22.2. The summed E-state index contributed by atoms with van der Waals surface area (Å²) in [7, 11) is 0. The first-order valence-electron chi connectivity index (χ1n) is 8.21. The van der Waals surface area contributed by atoms with E-state index in [0.717, 1.165) is 25.1 Å². The van der Waals surface area contributed by atoms with Crippen LogP contribution >= 0.6 is 0 Å². The summed E-state index contributed by atoms with van der Waals surface area (Å²) in [6.45, 7) is 1.82. The molecule has 1 aliphatic carbocycles. The van der Waals surface area contributed by atoms with Crippen LogP contribution in [0.5, 0.6) is 0 Å². The molecule has 0 atom stereocenters. The minimum Gasteiger partial charge on any atom is -0.368 e. The van der Waals surface area contributed by atoms with Gasteiger partial charge in [0.15, 0.2) is 0 Å². The van der Waals surface area contributed by atoms with Gasteiger partial charge in [0.25, 0.3) is 0 Å². The predicted octanol–water partition coefficient (Wildman–Crippen LogP) is 2.64. The van der Waals surface area contributed by atoms with Crippen LogP contribution in [-0.4, -0.2) is 33.9 Å². The molecule has 118 valence electrons. The van der Waals surface area contributed by atoms with Gasteiger partial charge in [-0.25, -0.2) is 9.97 Å². The third-order valence-corrected chi connectivity index (χ3v) is 5.02. The van der Waals surface area contributed by atoms with E-state index in [9.17, 15) is 4.79 Å². The molecule has 2 heterocycles. The molecule has 2 aliphatic rings. The Balaban J connectivity index is 1.60. The highest BCUT2D eigenvalue weighted by Crippen LogP contribution is 2.42. The Bertz CT molecular complexity index is 544. The number of carbonyl (C=O) groups is 1. The molecule has 1 spiro atoms. The number of likely N-dealkylation sites (tertiary alicyclic amines) is 1. The van der Waals surface area contributed by atoms with Crippen LogP contribution in [0.1, 0.15) is 50.5 Å². The fourth-order valence-corrected chi connectivity index (χ4v) is 3.72. The van der Waals surface area contributed by atoms with E-state index in [1.165, 1.54) is 38.5 Å². The second-order valence-corrected chi connectivity index (χ2v) is 6.63. The quantitative estimate of drug-likeness (QED) is 0.852. The lowest BCUT2D eigenvalue weighted by Crippen LogP contribution is -2.30. The van der Waals surface area contributed by atoms with Gasteiger partial charge in [-0.2, -0.15) is 0 Å². The number of hydrogen-bond donors (Lipinski definition) is 1. The predicted molar refractivity (Wildman–Crippen MR) is 86.8 cm³/mol. The number of carbonyl (C=O) groups excluding carboxylic acids is 1. The summed E-state index contributed by atoms with van der Waals surface area (Å²) in [5.41, 5.74) is 6.64. The van der Waals surface area contributed by atoms with E-state index in [0.29, 0.717) is 5.41 Å². The molecule has 5 heteroatoms. The number of rotatable bonds is 2. The molecule has 1 aromatic heterocycles. The van der Waals surface area contributed by atoms with Gasteiger partial charge < -0.3 is 10.6 Å². The highest BCUT2D eigenvalue weighted by Gasteiger charge is 2.39. The molecule has 0 bridgehead atoms. The van der Waals surface area contributed by atoms with Crippen molar-refractivity contribution >= 4 is 17.9 Å². The van der Waals surface area contributed by atoms with Crippen LogP contribution in [0.15, 0.2) is 18.5 Å². The maximum absolute atomic E-state index is 12.4. The first-order chi connectivity index (χ1) is 10.7. The van der Waals surface area contributed by atoms with Crippen molar-refractivity contribution in [2.75, 3.05) is 18.8 Å². The Morgan fingerprint density at radius 3 is 2.50 bits per heavy atom. The molecule has 22 heavy (non-hydrogen) atoms. The lowest BCUT2D eigenvalue weighted by atomic mass is 9.80. The summed E-state index contributed by atoms with van der Waals surface area (Å²) in [5, 5.41) is 0. The molecule has 0 radical (unpaired) electrons.